The van der Waals surface area contributed by atoms with E-state index in [1.807, 2.05) is 49.6 Å². The molecule has 4 atom stereocenters. The SMILES string of the molecule is CSS[C@H](C)OC1C[C@H](n2nc(C#CCNC(=O)C(F)(F)F)c3c(=O)[nH]c(N=CN(C)C)nc32)O[C@@H]1CO[Si](c1ccccc1)(c1ccccc1)C(C)(C)C. The summed E-state index contributed by atoms with van der Waals surface area (Å²) < 4.78 is 60.2. The zero-order valence-corrected chi connectivity index (χ0v) is 34.1. The van der Waals surface area contributed by atoms with Crippen LogP contribution in [-0.2, 0) is 18.7 Å². The lowest BCUT2D eigenvalue weighted by Crippen LogP contribution is -2.67. The molecule has 4 aromatic rings. The van der Waals surface area contributed by atoms with Crippen molar-refractivity contribution in [3.05, 3.63) is 76.7 Å². The molecule has 1 amide bonds. The average Bonchev–Trinajstić information content (AvgIpc) is 3.70. The maximum atomic E-state index is 13.5. The number of carbonyl (C=O) groups is 1. The van der Waals surface area contributed by atoms with Crippen molar-refractivity contribution in [1.82, 2.24) is 30.0 Å². The number of hydrogen-bond acceptors (Lipinski definition) is 10. The van der Waals surface area contributed by atoms with Crippen LogP contribution in [0.1, 0.15) is 46.0 Å². The summed E-state index contributed by atoms with van der Waals surface area (Å²) in [5.41, 5.74) is -0.795. The molecule has 5 rings (SSSR count). The van der Waals surface area contributed by atoms with Crippen LogP contribution in [0.15, 0.2) is 70.5 Å². The first-order valence-electron chi connectivity index (χ1n) is 17.4. The van der Waals surface area contributed by atoms with E-state index in [0.717, 1.165) is 10.4 Å². The van der Waals surface area contributed by atoms with Crippen molar-refractivity contribution >= 4 is 69.5 Å². The third-order valence-electron chi connectivity index (χ3n) is 8.69. The number of nitrogens with zero attached hydrogens (tertiary/aromatic N) is 5. The van der Waals surface area contributed by atoms with Crippen LogP contribution in [-0.4, -0.2) is 103 Å². The summed E-state index contributed by atoms with van der Waals surface area (Å²) >= 11 is 0. The van der Waals surface area contributed by atoms with Gasteiger partial charge in [0.15, 0.2) is 17.6 Å². The van der Waals surface area contributed by atoms with Crippen molar-refractivity contribution in [1.29, 1.82) is 0 Å². The molecule has 2 aromatic carbocycles. The van der Waals surface area contributed by atoms with Crippen LogP contribution in [0.25, 0.3) is 11.0 Å². The number of hydrogen-bond donors (Lipinski definition) is 2. The van der Waals surface area contributed by atoms with Crippen molar-refractivity contribution in [2.45, 2.75) is 69.2 Å². The van der Waals surface area contributed by atoms with Crippen molar-refractivity contribution < 1.29 is 31.9 Å². The Morgan fingerprint density at radius 2 is 1.80 bits per heavy atom. The quantitative estimate of drug-likeness (QED) is 0.0476. The van der Waals surface area contributed by atoms with Crippen LogP contribution in [0.5, 0.6) is 0 Å². The van der Waals surface area contributed by atoms with Crippen molar-refractivity contribution in [2.75, 3.05) is 33.5 Å². The number of nitrogens with one attached hydrogen (secondary N) is 2. The van der Waals surface area contributed by atoms with E-state index in [4.69, 9.17) is 13.9 Å². The number of aromatic nitrogens is 4. The lowest BCUT2D eigenvalue weighted by Gasteiger charge is -2.43. The largest absolute Gasteiger partial charge is 0.471 e. The second kappa shape index (κ2) is 17.8. The molecule has 0 bridgehead atoms. The van der Waals surface area contributed by atoms with Crippen molar-refractivity contribution in [3.8, 4) is 11.8 Å². The Morgan fingerprint density at radius 3 is 2.36 bits per heavy atom. The molecule has 0 aliphatic carbocycles. The molecular formula is C37H44F3N7O5S2Si. The number of ether oxygens (including phenoxy) is 2. The summed E-state index contributed by atoms with van der Waals surface area (Å²) in [6.45, 7) is 8.06. The lowest BCUT2D eigenvalue weighted by molar-refractivity contribution is -0.173. The minimum Gasteiger partial charge on any atom is -0.405 e. The highest BCUT2D eigenvalue weighted by Crippen LogP contribution is 2.40. The zero-order chi connectivity index (χ0) is 40.0. The predicted octanol–water partition coefficient (Wildman–Crippen LogP) is 4.98. The Bertz CT molecular complexity index is 2040. The highest BCUT2D eigenvalue weighted by atomic mass is 33.1. The Balaban J connectivity index is 1.56. The minimum atomic E-state index is -5.07. The van der Waals surface area contributed by atoms with Crippen molar-refractivity contribution in [2.24, 2.45) is 4.99 Å². The van der Waals surface area contributed by atoms with E-state index in [1.54, 1.807) is 45.9 Å². The van der Waals surface area contributed by atoms with E-state index < -0.39 is 50.9 Å². The summed E-state index contributed by atoms with van der Waals surface area (Å²) in [5, 5.41) is 8.20. The first-order chi connectivity index (χ1) is 26.0. The number of fused-ring (bicyclic) bond motifs is 1. The van der Waals surface area contributed by atoms with Gasteiger partial charge in [-0.1, -0.05) is 109 Å². The topological polar surface area (TPSA) is 136 Å². The summed E-state index contributed by atoms with van der Waals surface area (Å²) in [7, 11) is 3.67. The number of carbonyl (C=O) groups excluding carboxylic acids is 1. The molecule has 1 fully saturated rings. The van der Waals surface area contributed by atoms with Crippen LogP contribution >= 0.6 is 21.6 Å². The number of alkyl halides is 3. The fourth-order valence-corrected chi connectivity index (χ4v) is 12.4. The van der Waals surface area contributed by atoms with Gasteiger partial charge in [-0.3, -0.25) is 14.6 Å². The van der Waals surface area contributed by atoms with Gasteiger partial charge in [0, 0.05) is 20.5 Å². The molecule has 0 spiro atoms. The molecule has 3 heterocycles. The lowest BCUT2D eigenvalue weighted by atomic mass is 10.2. The van der Waals surface area contributed by atoms with E-state index in [9.17, 15) is 22.8 Å². The highest BCUT2D eigenvalue weighted by Gasteiger charge is 2.51. The Labute approximate surface area is 326 Å². The van der Waals surface area contributed by atoms with Gasteiger partial charge in [0.25, 0.3) is 13.9 Å². The molecule has 12 nitrogen and oxygen atoms in total. The van der Waals surface area contributed by atoms with Gasteiger partial charge in [-0.05, 0) is 34.5 Å². The molecule has 55 heavy (non-hydrogen) atoms. The van der Waals surface area contributed by atoms with E-state index >= 15 is 0 Å². The molecule has 1 saturated heterocycles. The third-order valence-corrected chi connectivity index (χ3v) is 15.7. The fourth-order valence-electron chi connectivity index (χ4n) is 6.42. The first kappa shape index (κ1) is 42.0. The summed E-state index contributed by atoms with van der Waals surface area (Å²) in [5.74, 6) is 2.96. The van der Waals surface area contributed by atoms with Crippen LogP contribution in [0.2, 0.25) is 5.04 Å². The summed E-state index contributed by atoms with van der Waals surface area (Å²) in [4.78, 5) is 37.9. The van der Waals surface area contributed by atoms with Gasteiger partial charge in [0.1, 0.15) is 16.9 Å². The molecule has 294 valence electrons. The second-order valence-corrected chi connectivity index (χ2v) is 21.0. The number of halogens is 3. The maximum Gasteiger partial charge on any atom is 0.471 e. The number of rotatable bonds is 13. The molecular weight excluding hydrogens is 772 g/mol. The molecule has 1 unspecified atom stereocenters. The van der Waals surface area contributed by atoms with Gasteiger partial charge in [0.2, 0.25) is 5.95 Å². The Morgan fingerprint density at radius 1 is 1.16 bits per heavy atom. The molecule has 0 radical (unpaired) electrons. The number of amides is 1. The van der Waals surface area contributed by atoms with Crippen molar-refractivity contribution in [3.63, 3.8) is 0 Å². The average molecular weight is 816 g/mol. The van der Waals surface area contributed by atoms with E-state index in [1.165, 1.54) is 11.0 Å². The Hall–Kier alpha value is -4.12. The molecule has 1 aliphatic rings. The second-order valence-electron chi connectivity index (χ2n) is 13.9. The van der Waals surface area contributed by atoms with E-state index in [-0.39, 0.29) is 39.8 Å². The third kappa shape index (κ3) is 9.82. The monoisotopic (exact) mass is 815 g/mol. The standard InChI is InChI=1S/C37H44F3N7O5S2Si/c1-24(54-53-7)51-28-21-30(52-29(28)22-50-55(36(2,3)4,25-15-10-8-11-16-25)26-17-12-9-13-18-26)47-32-31(33(48)44-35(43-32)42-23-46(5)6)27(45-47)19-14-20-41-34(49)37(38,39)40/h8-13,15-18,23-24,28-30H,20-22H2,1-7H3,(H,41,49)(H,43,44,48)/t24-,28?,29-,30-/m1/s1. The number of H-pyrrole nitrogens is 1. The maximum absolute atomic E-state index is 13.5. The molecule has 0 saturated carbocycles. The molecule has 1 aliphatic heterocycles. The van der Waals surface area contributed by atoms with Gasteiger partial charge < -0.3 is 24.1 Å². The van der Waals surface area contributed by atoms with Gasteiger partial charge in [-0.25, -0.2) is 9.67 Å². The summed E-state index contributed by atoms with van der Waals surface area (Å²) in [6.07, 6.45) is -3.21. The van der Waals surface area contributed by atoms with Gasteiger partial charge in [-0.2, -0.15) is 23.3 Å². The van der Waals surface area contributed by atoms with E-state index in [0.29, 0.717) is 6.42 Å². The van der Waals surface area contributed by atoms with Crippen LogP contribution in [0.4, 0.5) is 19.1 Å². The molecule has 2 aromatic heterocycles. The number of aliphatic imine (C=N–C) groups is 1. The number of benzene rings is 2. The Kier molecular flexibility index (Phi) is 13.6. The normalized spacial score (nSPS) is 18.3. The van der Waals surface area contributed by atoms with Gasteiger partial charge >= 0.3 is 12.1 Å². The predicted molar refractivity (Wildman–Crippen MR) is 213 cm³/mol. The smallest absolute Gasteiger partial charge is 0.405 e. The van der Waals surface area contributed by atoms with Gasteiger partial charge in [0.05, 0.1) is 25.6 Å². The zero-order valence-electron chi connectivity index (χ0n) is 31.5. The van der Waals surface area contributed by atoms with E-state index in [2.05, 4.69) is 76.9 Å². The minimum absolute atomic E-state index is 0.00773. The highest BCUT2D eigenvalue weighted by molar-refractivity contribution is 8.76. The van der Waals surface area contributed by atoms with Gasteiger partial charge in [-0.15, -0.1) is 0 Å². The van der Waals surface area contributed by atoms with Crippen LogP contribution in [0.3, 0.4) is 0 Å². The van der Waals surface area contributed by atoms with Crippen LogP contribution in [0, 0.1) is 11.8 Å². The summed E-state index contributed by atoms with van der Waals surface area (Å²) in [6, 6.07) is 20.5. The fraction of sp³-hybridized carbons (Fsp3) is 0.432. The number of aromatic amines is 1. The first-order valence-corrected chi connectivity index (χ1v) is 21.9. The van der Waals surface area contributed by atoms with Crippen LogP contribution < -0.4 is 21.2 Å². The molecule has 2 N–H and O–H groups in total. The molecule has 18 heteroatoms.